The molecule has 19 heteroatoms. The van der Waals surface area contributed by atoms with Crippen molar-refractivity contribution in [3.8, 4) is 0 Å². The number of nitro benzene ring substituents is 1. The van der Waals surface area contributed by atoms with Crippen LogP contribution in [0.2, 0.25) is 10.0 Å². The zero-order valence-electron chi connectivity index (χ0n) is 39.2. The molecule has 3 N–H and O–H groups in total. The summed E-state index contributed by atoms with van der Waals surface area (Å²) in [5.41, 5.74) is 6.11. The van der Waals surface area contributed by atoms with Gasteiger partial charge in [0.2, 0.25) is 5.69 Å². The highest BCUT2D eigenvalue weighted by Crippen LogP contribution is 2.37. The number of carbonyl (C=O) groups is 2. The number of likely N-dealkylation sites (tertiary alicyclic amines) is 2. The number of amides is 2. The van der Waals surface area contributed by atoms with Crippen LogP contribution in [0.4, 0.5) is 42.4 Å². The standard InChI is InChI=1S/C23H34ClN5O2.C16H31N3O2.C7H2ClFN2O2/c1-6-16-15-28(21-14-19(25)20(26-5)13-18(21)24)11-12-29(16)17-7-9-27(10-8-17)22(30)31-23(2,3)4;1-5-13-12-17-8-11-19(13)14-6-9-18(10-7-14)15(20)21-16(2,3)4;1-10-6-2-4(8)5(9)3-7(6)11(12)13/h13-14,16-17H,6-12,15,25H2,1-4H3;13-14,17H,5-12H2,1-4H3;2-3H/t16-;13-;/m00./s1. The van der Waals surface area contributed by atoms with E-state index in [0.29, 0.717) is 46.6 Å². The molecule has 0 bridgehead atoms. The largest absolute Gasteiger partial charge is 0.444 e. The molecule has 2 aromatic carbocycles. The summed E-state index contributed by atoms with van der Waals surface area (Å²) in [6, 6.07) is 7.21. The van der Waals surface area contributed by atoms with Gasteiger partial charge in [0.1, 0.15) is 17.0 Å². The van der Waals surface area contributed by atoms with E-state index in [0.717, 1.165) is 109 Å². The van der Waals surface area contributed by atoms with Crippen molar-refractivity contribution in [2.45, 2.75) is 129 Å². The molecule has 4 aliphatic heterocycles. The van der Waals surface area contributed by atoms with Crippen LogP contribution in [0.5, 0.6) is 0 Å². The fourth-order valence-electron chi connectivity index (χ4n) is 8.65. The number of rotatable bonds is 6. The third kappa shape index (κ3) is 15.2. The van der Waals surface area contributed by atoms with Gasteiger partial charge in [-0.25, -0.2) is 23.7 Å². The second-order valence-electron chi connectivity index (χ2n) is 18.7. The number of ether oxygens (including phenoxy) is 2. The maximum absolute atomic E-state index is 12.7. The van der Waals surface area contributed by atoms with E-state index in [2.05, 4.69) is 43.6 Å². The fraction of sp³-hybridized carbons (Fsp3) is 0.652. The molecule has 0 aromatic heterocycles. The van der Waals surface area contributed by atoms with Crippen LogP contribution in [0.1, 0.15) is 93.9 Å². The van der Waals surface area contributed by atoms with Gasteiger partial charge in [-0.1, -0.05) is 37.0 Å². The number of nitrogens with two attached hydrogens (primary N) is 1. The molecule has 4 saturated heterocycles. The van der Waals surface area contributed by atoms with Gasteiger partial charge >= 0.3 is 12.2 Å². The van der Waals surface area contributed by atoms with Crippen molar-refractivity contribution < 1.29 is 28.4 Å². The van der Waals surface area contributed by atoms with Gasteiger partial charge < -0.3 is 35.2 Å². The number of nitrogens with one attached hydrogen (secondary N) is 1. The lowest BCUT2D eigenvalue weighted by Crippen LogP contribution is -2.58. The van der Waals surface area contributed by atoms with Crippen molar-refractivity contribution in [1.29, 1.82) is 0 Å². The molecule has 4 aliphatic rings. The minimum Gasteiger partial charge on any atom is -0.444 e. The van der Waals surface area contributed by atoms with E-state index in [-0.39, 0.29) is 22.9 Å². The Morgan fingerprint density at radius 2 is 1.29 bits per heavy atom. The van der Waals surface area contributed by atoms with Crippen LogP contribution in [0.25, 0.3) is 9.69 Å². The van der Waals surface area contributed by atoms with Crippen LogP contribution in [0, 0.1) is 29.1 Å². The van der Waals surface area contributed by atoms with E-state index >= 15 is 0 Å². The maximum atomic E-state index is 12.7. The van der Waals surface area contributed by atoms with E-state index in [4.69, 9.17) is 51.6 Å². The molecular weight excluding hydrogens is 878 g/mol. The normalized spacial score (nSPS) is 20.3. The van der Waals surface area contributed by atoms with Crippen LogP contribution in [-0.2, 0) is 9.47 Å². The summed E-state index contributed by atoms with van der Waals surface area (Å²) < 4.78 is 23.7. The minimum absolute atomic E-state index is 0.159. The number of nitro groups is 1. The molecule has 0 radical (unpaired) electrons. The number of hydrogen-bond donors (Lipinski definition) is 2. The summed E-state index contributed by atoms with van der Waals surface area (Å²) in [6.07, 6.45) is 5.92. The van der Waals surface area contributed by atoms with Gasteiger partial charge in [0, 0.05) is 101 Å². The quantitative estimate of drug-likeness (QED) is 0.123. The molecule has 2 amide bonds. The maximum Gasteiger partial charge on any atom is 0.410 e. The predicted molar refractivity (Wildman–Crippen MR) is 255 cm³/mol. The predicted octanol–water partition coefficient (Wildman–Crippen LogP) is 9.78. The van der Waals surface area contributed by atoms with E-state index in [1.807, 2.05) is 57.4 Å². The van der Waals surface area contributed by atoms with Crippen molar-refractivity contribution >= 4 is 63.8 Å². The Hall–Kier alpha value is -4.65. The number of piperazine rings is 2. The molecule has 0 unspecified atom stereocenters. The lowest BCUT2D eigenvalue weighted by atomic mass is 9.98. The van der Waals surface area contributed by atoms with Gasteiger partial charge in [0.05, 0.1) is 33.8 Å². The molecule has 0 saturated carbocycles. The first-order valence-corrected chi connectivity index (χ1v) is 23.2. The Morgan fingerprint density at radius 1 is 0.800 bits per heavy atom. The van der Waals surface area contributed by atoms with Crippen LogP contribution < -0.4 is 16.0 Å². The summed E-state index contributed by atoms with van der Waals surface area (Å²) in [7, 11) is 0. The minimum atomic E-state index is -0.902. The Kier molecular flexibility index (Phi) is 19.3. The monoisotopic (exact) mass is 944 g/mol. The molecule has 0 aliphatic carbocycles. The van der Waals surface area contributed by atoms with Gasteiger partial charge in [-0.15, -0.1) is 0 Å². The molecule has 16 nitrogen and oxygen atoms in total. The van der Waals surface area contributed by atoms with Crippen LogP contribution in [0.15, 0.2) is 24.3 Å². The fourth-order valence-corrected chi connectivity index (χ4v) is 9.09. The summed E-state index contributed by atoms with van der Waals surface area (Å²) in [6.45, 7) is 38.8. The molecule has 0 spiro atoms. The summed E-state index contributed by atoms with van der Waals surface area (Å²) in [5.74, 6) is -0.902. The van der Waals surface area contributed by atoms with Crippen LogP contribution in [-0.4, -0.2) is 138 Å². The van der Waals surface area contributed by atoms with Crippen molar-refractivity contribution in [3.63, 3.8) is 0 Å². The Morgan fingerprint density at radius 3 is 1.75 bits per heavy atom. The Balaban J connectivity index is 0.000000234. The smallest absolute Gasteiger partial charge is 0.410 e. The highest BCUT2D eigenvalue weighted by atomic mass is 35.5. The molecule has 2 aromatic rings. The second kappa shape index (κ2) is 23.7. The molecular formula is C46H67Cl2FN10O6. The van der Waals surface area contributed by atoms with Crippen molar-refractivity contribution in [1.82, 2.24) is 24.9 Å². The number of nitrogen functional groups attached to an aromatic ring is 1. The van der Waals surface area contributed by atoms with E-state index < -0.39 is 27.6 Å². The molecule has 358 valence electrons. The van der Waals surface area contributed by atoms with Gasteiger partial charge in [-0.05, 0) is 98.3 Å². The van der Waals surface area contributed by atoms with Gasteiger partial charge in [0.15, 0.2) is 0 Å². The first kappa shape index (κ1) is 53.0. The Bertz CT molecular complexity index is 2040. The SMILES string of the molecule is CC[C@H]1CNCCN1C1CCN(C(=O)OC(C)(C)C)CC1.[C-]#[N+]c1cc(Cl)c(F)cc1[N+](=O)[O-].[C-]#[N+]c1cc(Cl)c(N2CCN(C3CCN(C(=O)OC(C)(C)C)CC3)[C@@H](CC)C2)cc1N. The second-order valence-corrected chi connectivity index (χ2v) is 19.6. The van der Waals surface area contributed by atoms with E-state index in [9.17, 15) is 24.1 Å². The number of hydrogen-bond acceptors (Lipinski definition) is 11. The molecule has 65 heavy (non-hydrogen) atoms. The number of piperidine rings is 2. The number of benzene rings is 2. The average Bonchev–Trinajstić information content (AvgIpc) is 3.26. The molecule has 4 fully saturated rings. The van der Waals surface area contributed by atoms with Crippen molar-refractivity contribution in [2.24, 2.45) is 0 Å². The number of halogens is 3. The zero-order valence-corrected chi connectivity index (χ0v) is 40.7. The lowest BCUT2D eigenvalue weighted by molar-refractivity contribution is -0.384. The summed E-state index contributed by atoms with van der Waals surface area (Å²) >= 11 is 11.8. The molecule has 4 heterocycles. The van der Waals surface area contributed by atoms with Crippen molar-refractivity contribution in [3.05, 3.63) is 73.1 Å². The number of nitrogens with zero attached hydrogens (tertiary/aromatic N) is 8. The topological polar surface area (TPSA) is 159 Å². The van der Waals surface area contributed by atoms with Crippen LogP contribution >= 0.6 is 23.2 Å². The molecule has 2 atom stereocenters. The summed E-state index contributed by atoms with van der Waals surface area (Å²) in [5, 5.41) is 14.1. The Labute approximate surface area is 394 Å². The van der Waals surface area contributed by atoms with Gasteiger partial charge in [0.25, 0.3) is 11.4 Å². The third-order valence-corrected chi connectivity index (χ3v) is 12.5. The third-order valence-electron chi connectivity index (χ3n) is 11.9. The zero-order chi connectivity index (χ0) is 48.2. The average molecular weight is 946 g/mol. The summed E-state index contributed by atoms with van der Waals surface area (Å²) in [4.78, 5) is 51.5. The highest BCUT2D eigenvalue weighted by Gasteiger charge is 2.36. The number of carbonyl (C=O) groups excluding carboxylic acids is 2. The van der Waals surface area contributed by atoms with Gasteiger partial charge in [-0.2, -0.15) is 0 Å². The lowest BCUT2D eigenvalue weighted by Gasteiger charge is -2.48. The first-order valence-electron chi connectivity index (χ1n) is 22.5. The van der Waals surface area contributed by atoms with Crippen LogP contribution in [0.3, 0.4) is 0 Å². The highest BCUT2D eigenvalue weighted by molar-refractivity contribution is 6.33. The molecule has 6 rings (SSSR count). The number of anilines is 2. The van der Waals surface area contributed by atoms with Crippen molar-refractivity contribution in [2.75, 3.05) is 76.1 Å². The van der Waals surface area contributed by atoms with E-state index in [1.54, 1.807) is 6.07 Å². The van der Waals surface area contributed by atoms with Gasteiger partial charge in [-0.3, -0.25) is 19.9 Å². The van der Waals surface area contributed by atoms with E-state index in [1.165, 1.54) is 6.42 Å². The first-order chi connectivity index (χ1) is 30.6.